The van der Waals surface area contributed by atoms with E-state index in [-0.39, 0.29) is 22.4 Å². The third-order valence-corrected chi connectivity index (χ3v) is 6.56. The van der Waals surface area contributed by atoms with Crippen molar-refractivity contribution in [3.05, 3.63) is 39.3 Å². The number of nitrogens with one attached hydrogen (secondary N) is 1. The van der Waals surface area contributed by atoms with Crippen molar-refractivity contribution < 1.29 is 24.3 Å². The number of carboxylic acids is 1. The Morgan fingerprint density at radius 1 is 1.42 bits per heavy atom. The van der Waals surface area contributed by atoms with Crippen molar-refractivity contribution in [2.24, 2.45) is 5.16 Å². The summed E-state index contributed by atoms with van der Waals surface area (Å²) in [6, 6.07) is -1.40. The fraction of sp³-hybridized carbons (Fsp3) is 0.316. The first-order chi connectivity index (χ1) is 15.8. The topological polar surface area (TPSA) is 173 Å². The maximum absolute atomic E-state index is 12.9. The Balaban J connectivity index is 1.54. The van der Waals surface area contributed by atoms with E-state index in [4.69, 9.17) is 10.6 Å². The van der Waals surface area contributed by atoms with E-state index >= 15 is 0 Å². The number of hydrogen-bond donors (Lipinski definition) is 3. The largest absolute Gasteiger partial charge is 0.477 e. The van der Waals surface area contributed by atoms with Crippen LogP contribution < -0.4 is 11.1 Å². The van der Waals surface area contributed by atoms with Crippen LogP contribution in [0.2, 0.25) is 0 Å². The van der Waals surface area contributed by atoms with Crippen molar-refractivity contribution in [2.45, 2.75) is 31.8 Å². The summed E-state index contributed by atoms with van der Waals surface area (Å²) in [6.45, 7) is 1.92. The van der Waals surface area contributed by atoms with Gasteiger partial charge in [0.1, 0.15) is 18.8 Å². The number of nitrogens with zero attached hydrogens (tertiary/aromatic N) is 5. The average molecular weight is 490 g/mol. The molecule has 2 amide bonds. The van der Waals surface area contributed by atoms with Gasteiger partial charge in [0.2, 0.25) is 11.5 Å². The minimum atomic E-state index is -1.21. The monoisotopic (exact) mass is 489 g/mol. The minimum Gasteiger partial charge on any atom is -0.477 e. The molecule has 2 aromatic rings. The summed E-state index contributed by atoms with van der Waals surface area (Å²) in [5, 5.41) is 16.2. The molecule has 2 aliphatic heterocycles. The maximum atomic E-state index is 12.9. The molecule has 4 rings (SSSR count). The molecule has 0 aliphatic carbocycles. The highest BCUT2D eigenvalue weighted by atomic mass is 32.1. The van der Waals surface area contributed by atoms with Gasteiger partial charge in [0.25, 0.3) is 11.8 Å². The number of allylic oxidation sites excluding steroid dienone is 2. The van der Waals surface area contributed by atoms with Gasteiger partial charge in [-0.15, -0.1) is 11.3 Å². The van der Waals surface area contributed by atoms with Crippen LogP contribution in [0.25, 0.3) is 6.08 Å². The van der Waals surface area contributed by atoms with Crippen molar-refractivity contribution in [1.29, 1.82) is 0 Å². The first-order valence-electron chi connectivity index (χ1n) is 9.71. The molecule has 12 nitrogen and oxygen atoms in total. The fourth-order valence-corrected chi connectivity index (χ4v) is 4.72. The molecule has 0 spiro atoms. The van der Waals surface area contributed by atoms with Crippen molar-refractivity contribution in [3.63, 3.8) is 0 Å². The number of hydrogen-bond acceptors (Lipinski definition) is 11. The minimum absolute atomic E-state index is 0.0278. The molecular weight excluding hydrogens is 470 g/mol. The number of nitrogens with two attached hydrogens (primary N) is 1. The predicted molar refractivity (Wildman–Crippen MR) is 120 cm³/mol. The third-order valence-electron chi connectivity index (χ3n) is 5.24. The standard InChI is InChI=1S/C19H19N7O5S2/c1-8-10(21-7-32-8)5-3-9-4-6-11-12(17(28)26(11)14(9)18(29)30)22-16(27)13(24-31-2)15-23-19(20)33-25-15/h3,5,7,11-12H,4,6H2,1-2H3,(H,22,27)(H,29,30)(H2,20,23,25)/b5-3-,24-13+. The number of carbonyl (C=O) groups excluding carboxylic acids is 2. The van der Waals surface area contributed by atoms with Crippen LogP contribution >= 0.6 is 22.9 Å². The highest BCUT2D eigenvalue weighted by Crippen LogP contribution is 2.37. The number of anilines is 1. The molecule has 1 saturated heterocycles. The fourth-order valence-electron chi connectivity index (χ4n) is 3.72. The van der Waals surface area contributed by atoms with E-state index in [1.165, 1.54) is 23.3 Å². The summed E-state index contributed by atoms with van der Waals surface area (Å²) >= 11 is 2.37. The van der Waals surface area contributed by atoms with Crippen LogP contribution in [0.1, 0.15) is 29.2 Å². The Labute approximate surface area is 195 Å². The molecular formula is C19H19N7O5S2. The lowest BCUT2D eigenvalue weighted by Gasteiger charge is -2.50. The lowest BCUT2D eigenvalue weighted by molar-refractivity contribution is -0.155. The molecule has 33 heavy (non-hydrogen) atoms. The van der Waals surface area contributed by atoms with Crippen LogP contribution in [0.3, 0.4) is 0 Å². The molecule has 0 bridgehead atoms. The summed E-state index contributed by atoms with van der Waals surface area (Å²) in [6.07, 6.45) is 4.32. The van der Waals surface area contributed by atoms with Crippen LogP contribution in [0.5, 0.6) is 0 Å². The van der Waals surface area contributed by atoms with Gasteiger partial charge >= 0.3 is 5.97 Å². The number of fused-ring (bicyclic) bond motifs is 1. The zero-order chi connectivity index (χ0) is 23.7. The van der Waals surface area contributed by atoms with Gasteiger partial charge in [-0.05, 0) is 31.4 Å². The maximum Gasteiger partial charge on any atom is 0.352 e. The number of aromatic nitrogens is 3. The lowest BCUT2D eigenvalue weighted by atomic mass is 9.83. The van der Waals surface area contributed by atoms with Crippen molar-refractivity contribution >= 4 is 57.6 Å². The van der Waals surface area contributed by atoms with E-state index in [2.05, 4.69) is 24.8 Å². The predicted octanol–water partition coefficient (Wildman–Crippen LogP) is 0.777. The number of carbonyl (C=O) groups is 3. The SMILES string of the molecule is CO/N=C(/C(=O)NC1C(=O)N2C(C(=O)O)=C(/C=C\c3ncsc3C)CCC12)c1nsc(N)n1. The van der Waals surface area contributed by atoms with E-state index in [9.17, 15) is 19.5 Å². The molecule has 2 unspecified atom stereocenters. The van der Waals surface area contributed by atoms with Crippen LogP contribution in [0, 0.1) is 6.92 Å². The number of carboxylic acid groups (broad SMARTS) is 1. The molecule has 4 N–H and O–H groups in total. The second-order valence-corrected chi connectivity index (χ2v) is 8.99. The normalized spacial score (nSPS) is 20.6. The average Bonchev–Trinajstić information content (AvgIpc) is 3.40. The number of β-lactam (4-membered cyclic amide) rings is 1. The number of amides is 2. The quantitative estimate of drug-likeness (QED) is 0.288. The molecule has 0 aromatic carbocycles. The van der Waals surface area contributed by atoms with E-state index in [0.29, 0.717) is 18.4 Å². The van der Waals surface area contributed by atoms with Crippen LogP contribution in [-0.2, 0) is 19.2 Å². The Hall–Kier alpha value is -3.65. The molecule has 0 saturated carbocycles. The van der Waals surface area contributed by atoms with Crippen molar-refractivity contribution in [2.75, 3.05) is 12.8 Å². The number of nitrogen functional groups attached to an aromatic ring is 1. The van der Waals surface area contributed by atoms with Crippen molar-refractivity contribution in [1.82, 2.24) is 24.6 Å². The van der Waals surface area contributed by atoms with Gasteiger partial charge in [-0.2, -0.15) is 9.36 Å². The molecule has 2 atom stereocenters. The summed E-state index contributed by atoms with van der Waals surface area (Å²) in [5.41, 5.74) is 8.23. The Morgan fingerprint density at radius 2 is 2.21 bits per heavy atom. The summed E-state index contributed by atoms with van der Waals surface area (Å²) < 4.78 is 3.94. The molecule has 2 aliphatic rings. The van der Waals surface area contributed by atoms with Gasteiger partial charge in [-0.25, -0.2) is 9.78 Å². The van der Waals surface area contributed by atoms with Gasteiger partial charge in [-0.1, -0.05) is 11.2 Å². The Kier molecular flexibility index (Phi) is 6.20. The number of rotatable bonds is 7. The number of aryl methyl sites for hydroxylation is 1. The summed E-state index contributed by atoms with van der Waals surface area (Å²) in [7, 11) is 1.26. The van der Waals surface area contributed by atoms with Gasteiger partial charge in [-0.3, -0.25) is 14.5 Å². The zero-order valence-corrected chi connectivity index (χ0v) is 19.1. The molecule has 0 radical (unpaired) electrons. The van der Waals surface area contributed by atoms with Crippen LogP contribution in [-0.4, -0.2) is 67.0 Å². The number of aliphatic carboxylic acids is 1. The molecule has 172 valence electrons. The van der Waals surface area contributed by atoms with E-state index < -0.39 is 29.9 Å². The van der Waals surface area contributed by atoms with Gasteiger partial charge in [0, 0.05) is 16.4 Å². The van der Waals surface area contributed by atoms with Crippen LogP contribution in [0.4, 0.5) is 5.13 Å². The van der Waals surface area contributed by atoms with E-state index in [1.54, 1.807) is 17.7 Å². The Bertz CT molecular complexity index is 1210. The molecule has 2 aromatic heterocycles. The van der Waals surface area contributed by atoms with Gasteiger partial charge in [0.05, 0.1) is 17.2 Å². The molecule has 14 heteroatoms. The van der Waals surface area contributed by atoms with E-state index in [0.717, 1.165) is 22.1 Å². The van der Waals surface area contributed by atoms with Crippen molar-refractivity contribution in [3.8, 4) is 0 Å². The first-order valence-corrected chi connectivity index (χ1v) is 11.4. The molecule has 1 fully saturated rings. The van der Waals surface area contributed by atoms with Crippen LogP contribution in [0.15, 0.2) is 28.0 Å². The smallest absolute Gasteiger partial charge is 0.352 e. The number of oxime groups is 1. The highest BCUT2D eigenvalue weighted by Gasteiger charge is 2.53. The second kappa shape index (κ2) is 9.07. The summed E-state index contributed by atoms with van der Waals surface area (Å²) in [4.78, 5) is 52.7. The van der Waals surface area contributed by atoms with E-state index in [1.807, 2.05) is 6.92 Å². The highest BCUT2D eigenvalue weighted by molar-refractivity contribution is 7.10. The first kappa shape index (κ1) is 22.5. The van der Waals surface area contributed by atoms with Gasteiger partial charge < -0.3 is 21.0 Å². The summed E-state index contributed by atoms with van der Waals surface area (Å²) in [5.74, 6) is -2.49. The number of thiazole rings is 1. The Morgan fingerprint density at radius 3 is 2.82 bits per heavy atom. The zero-order valence-electron chi connectivity index (χ0n) is 17.5. The molecule has 4 heterocycles. The third kappa shape index (κ3) is 4.21. The van der Waals surface area contributed by atoms with Gasteiger partial charge in [0.15, 0.2) is 5.13 Å². The lowest BCUT2D eigenvalue weighted by Crippen LogP contribution is -2.72. The second-order valence-electron chi connectivity index (χ2n) is 7.15.